The van der Waals surface area contributed by atoms with Crippen molar-refractivity contribution in [3.63, 3.8) is 0 Å². The van der Waals surface area contributed by atoms with Crippen LogP contribution >= 0.6 is 11.8 Å². The third-order valence-corrected chi connectivity index (χ3v) is 3.84. The molecule has 120 valence electrons. The molecule has 1 atom stereocenters. The molecule has 0 aliphatic heterocycles. The maximum Gasteiger partial charge on any atom is 0.284 e. The fourth-order valence-corrected chi connectivity index (χ4v) is 2.51. The number of furan rings is 1. The van der Waals surface area contributed by atoms with Crippen LogP contribution in [0.4, 0.5) is 8.78 Å². The summed E-state index contributed by atoms with van der Waals surface area (Å²) < 4.78 is 29.6. The number of nitrogens with one attached hydrogen (secondary N) is 1. The van der Waals surface area contributed by atoms with E-state index >= 15 is 0 Å². The molecule has 2 N–H and O–H groups in total. The van der Waals surface area contributed by atoms with Gasteiger partial charge >= 0.3 is 0 Å². The molecule has 0 aliphatic carbocycles. The lowest BCUT2D eigenvalue weighted by atomic mass is 10.1. The van der Waals surface area contributed by atoms with E-state index in [2.05, 4.69) is 5.32 Å². The second-order valence-corrected chi connectivity index (χ2v) is 5.98. The molecule has 3 nitrogen and oxygen atoms in total. The molecule has 0 spiro atoms. The number of aliphatic hydroxyl groups is 1. The molecule has 0 fully saturated rings. The molecule has 1 heterocycles. The van der Waals surface area contributed by atoms with Crippen LogP contribution < -0.4 is 5.32 Å². The molecule has 2 rings (SSSR count). The van der Waals surface area contributed by atoms with Gasteiger partial charge in [-0.05, 0) is 24.6 Å². The van der Waals surface area contributed by atoms with Gasteiger partial charge in [-0.15, -0.1) is 0 Å². The molecule has 0 saturated carbocycles. The molecule has 1 unspecified atom stereocenters. The summed E-state index contributed by atoms with van der Waals surface area (Å²) in [4.78, 5) is 0. The molecule has 6 heteroatoms. The van der Waals surface area contributed by atoms with Gasteiger partial charge in [-0.2, -0.15) is 8.78 Å². The fourth-order valence-electron chi connectivity index (χ4n) is 2.07. The van der Waals surface area contributed by atoms with Gasteiger partial charge in [-0.25, -0.2) is 0 Å². The molecule has 0 radical (unpaired) electrons. The minimum Gasteiger partial charge on any atom is -0.464 e. The summed E-state index contributed by atoms with van der Waals surface area (Å²) in [5.74, 6) is -1.04. The summed E-state index contributed by atoms with van der Waals surface area (Å²) in [5.41, 5.74) is 1.96. The normalized spacial score (nSPS) is 12.8. The molecule has 0 aliphatic rings. The molecule has 2 aromatic rings. The van der Waals surface area contributed by atoms with Crippen molar-refractivity contribution in [2.45, 2.75) is 31.1 Å². The highest BCUT2D eigenvalue weighted by molar-refractivity contribution is 7.98. The Kier molecular flexibility index (Phi) is 6.42. The average molecular weight is 327 g/mol. The third-order valence-electron chi connectivity index (χ3n) is 3.13. The number of alkyl halides is 2. The smallest absolute Gasteiger partial charge is 0.284 e. The molecule has 0 amide bonds. The molecule has 1 aromatic carbocycles. The Balaban J connectivity index is 1.76. The predicted octanol–water partition coefficient (Wildman–Crippen LogP) is 3.87. The molecular weight excluding hydrogens is 308 g/mol. The van der Waals surface area contributed by atoms with Crippen molar-refractivity contribution >= 4 is 11.8 Å². The number of aryl methyl sites for hydroxylation is 1. The summed E-state index contributed by atoms with van der Waals surface area (Å²) in [7, 11) is 0. The summed E-state index contributed by atoms with van der Waals surface area (Å²) in [6.07, 6.45) is -0.594. The van der Waals surface area contributed by atoms with E-state index in [1.54, 1.807) is 12.1 Å². The van der Waals surface area contributed by atoms with Crippen molar-refractivity contribution in [3.8, 4) is 0 Å². The van der Waals surface area contributed by atoms with Crippen molar-refractivity contribution in [3.05, 3.63) is 59.0 Å². The Morgan fingerprint density at radius 1 is 1.23 bits per heavy atom. The summed E-state index contributed by atoms with van der Waals surface area (Å²) >= 11 is 0.538. The fraction of sp³-hybridized carbons (Fsp3) is 0.375. The van der Waals surface area contributed by atoms with Crippen LogP contribution in [0.15, 0.2) is 40.8 Å². The van der Waals surface area contributed by atoms with Gasteiger partial charge in [0, 0.05) is 6.54 Å². The van der Waals surface area contributed by atoms with Crippen LogP contribution in [0.1, 0.15) is 28.8 Å². The maximum atomic E-state index is 12.1. The first-order valence-corrected chi connectivity index (χ1v) is 8.02. The lowest BCUT2D eigenvalue weighted by Crippen LogP contribution is -2.20. The van der Waals surface area contributed by atoms with Crippen molar-refractivity contribution in [1.82, 2.24) is 5.32 Å². The van der Waals surface area contributed by atoms with E-state index in [0.29, 0.717) is 36.4 Å². The van der Waals surface area contributed by atoms with Crippen molar-refractivity contribution < 1.29 is 18.3 Å². The predicted molar refractivity (Wildman–Crippen MR) is 83.9 cm³/mol. The number of aliphatic hydroxyl groups excluding tert-OH is 1. The zero-order valence-electron chi connectivity index (χ0n) is 12.3. The van der Waals surface area contributed by atoms with Crippen molar-refractivity contribution in [2.75, 3.05) is 6.54 Å². The number of hydrogen-bond donors (Lipinski definition) is 2. The van der Waals surface area contributed by atoms with Gasteiger partial charge in [-0.3, -0.25) is 0 Å². The van der Waals surface area contributed by atoms with E-state index < -0.39 is 11.9 Å². The zero-order chi connectivity index (χ0) is 15.9. The quantitative estimate of drug-likeness (QED) is 0.773. The summed E-state index contributed by atoms with van der Waals surface area (Å²) in [6, 6.07) is 11.2. The number of hydrogen-bond acceptors (Lipinski definition) is 4. The molecular formula is C16H19F2NO2S. The van der Waals surface area contributed by atoms with Gasteiger partial charge in [0.2, 0.25) is 0 Å². The van der Waals surface area contributed by atoms with E-state index in [9.17, 15) is 13.9 Å². The Hall–Kier alpha value is -1.37. The largest absolute Gasteiger partial charge is 0.464 e. The molecule has 0 bridgehead atoms. The number of halogens is 2. The van der Waals surface area contributed by atoms with E-state index in [0.717, 1.165) is 11.1 Å². The van der Waals surface area contributed by atoms with Crippen LogP contribution in [0.3, 0.4) is 0 Å². The van der Waals surface area contributed by atoms with E-state index in [-0.39, 0.29) is 5.75 Å². The minimum atomic E-state index is -2.39. The summed E-state index contributed by atoms with van der Waals surface area (Å²) in [5, 5.41) is 13.2. The van der Waals surface area contributed by atoms with Crippen LogP contribution in [-0.4, -0.2) is 17.4 Å². The monoisotopic (exact) mass is 327 g/mol. The van der Waals surface area contributed by atoms with E-state index in [1.165, 1.54) is 0 Å². The lowest BCUT2D eigenvalue weighted by Gasteiger charge is -2.12. The van der Waals surface area contributed by atoms with Gasteiger partial charge < -0.3 is 14.8 Å². The summed E-state index contributed by atoms with van der Waals surface area (Å²) in [6.45, 7) is 2.82. The Morgan fingerprint density at radius 3 is 2.73 bits per heavy atom. The average Bonchev–Trinajstić information content (AvgIpc) is 2.93. The first-order chi connectivity index (χ1) is 10.5. The number of thioether (sulfide) groups is 1. The highest BCUT2D eigenvalue weighted by Crippen LogP contribution is 2.21. The zero-order valence-corrected chi connectivity index (χ0v) is 13.1. The maximum absolute atomic E-state index is 12.1. The standard InChI is InChI=1S/C16H19F2NO2S/c1-11-3-2-4-12(7-11)15(20)9-19-8-13-5-6-14(21-13)10-22-16(17)18/h2-7,15-16,19-20H,8-10H2,1H3. The van der Waals surface area contributed by atoms with Gasteiger partial charge in [-0.1, -0.05) is 41.6 Å². The van der Waals surface area contributed by atoms with Crippen LogP contribution in [-0.2, 0) is 12.3 Å². The topological polar surface area (TPSA) is 45.4 Å². The highest BCUT2D eigenvalue weighted by atomic mass is 32.2. The van der Waals surface area contributed by atoms with E-state index in [4.69, 9.17) is 4.42 Å². The first-order valence-electron chi connectivity index (χ1n) is 6.97. The van der Waals surface area contributed by atoms with Crippen molar-refractivity contribution in [1.29, 1.82) is 0 Å². The lowest BCUT2D eigenvalue weighted by molar-refractivity contribution is 0.173. The highest BCUT2D eigenvalue weighted by Gasteiger charge is 2.09. The third kappa shape index (κ3) is 5.44. The SMILES string of the molecule is Cc1cccc(C(O)CNCc2ccc(CSC(F)F)o2)c1. The van der Waals surface area contributed by atoms with E-state index in [1.807, 2.05) is 31.2 Å². The molecule has 1 aromatic heterocycles. The first kappa shape index (κ1) is 17.0. The molecule has 22 heavy (non-hydrogen) atoms. The van der Waals surface area contributed by atoms with Gasteiger partial charge in [0.15, 0.2) is 0 Å². The van der Waals surface area contributed by atoms with Crippen LogP contribution in [0.25, 0.3) is 0 Å². The van der Waals surface area contributed by atoms with Crippen LogP contribution in [0.5, 0.6) is 0 Å². The van der Waals surface area contributed by atoms with Crippen LogP contribution in [0, 0.1) is 6.92 Å². The minimum absolute atomic E-state index is 0.156. The van der Waals surface area contributed by atoms with Gasteiger partial charge in [0.05, 0.1) is 18.4 Å². The number of rotatable bonds is 8. The number of benzene rings is 1. The Labute approximate surface area is 132 Å². The van der Waals surface area contributed by atoms with Gasteiger partial charge in [0.25, 0.3) is 5.76 Å². The van der Waals surface area contributed by atoms with Crippen molar-refractivity contribution in [2.24, 2.45) is 0 Å². The van der Waals surface area contributed by atoms with Gasteiger partial charge in [0.1, 0.15) is 11.5 Å². The Bertz CT molecular complexity index is 589. The Morgan fingerprint density at radius 2 is 2.00 bits per heavy atom. The second-order valence-electron chi connectivity index (χ2n) is 5.00. The molecule has 0 saturated heterocycles. The van der Waals surface area contributed by atoms with Crippen LogP contribution in [0.2, 0.25) is 0 Å². The second kappa shape index (κ2) is 8.31.